The summed E-state index contributed by atoms with van der Waals surface area (Å²) in [6.07, 6.45) is 5.58. The van der Waals surface area contributed by atoms with Crippen LogP contribution in [0.1, 0.15) is 19.8 Å². The first-order valence-electron chi connectivity index (χ1n) is 6.10. The number of fused-ring (bicyclic) bond motifs is 1. The lowest BCUT2D eigenvalue weighted by molar-refractivity contribution is 0.428. The van der Waals surface area contributed by atoms with Crippen LogP contribution in [0.25, 0.3) is 11.0 Å². The highest BCUT2D eigenvalue weighted by Gasteiger charge is 2.25. The standard InChI is InChI=1S/C13H17N3O/c1-9-8-10(14)3-6-16(9)13-11-4-7-17-12(11)2-5-15-13/h2,4-5,7,9-10H,3,6,8,14H2,1H3. The Kier molecular flexibility index (Phi) is 2.52. The van der Waals surface area contributed by atoms with Gasteiger partial charge >= 0.3 is 0 Å². The molecule has 0 aromatic carbocycles. The van der Waals surface area contributed by atoms with Crippen molar-refractivity contribution in [2.75, 3.05) is 11.4 Å². The average Bonchev–Trinajstić information content (AvgIpc) is 2.77. The first-order valence-corrected chi connectivity index (χ1v) is 6.10. The number of anilines is 1. The lowest BCUT2D eigenvalue weighted by atomic mass is 9.99. The smallest absolute Gasteiger partial charge is 0.139 e. The summed E-state index contributed by atoms with van der Waals surface area (Å²) in [7, 11) is 0. The number of aromatic nitrogens is 1. The quantitative estimate of drug-likeness (QED) is 0.817. The van der Waals surface area contributed by atoms with Crippen molar-refractivity contribution in [3.63, 3.8) is 0 Å². The fourth-order valence-electron chi connectivity index (χ4n) is 2.63. The second-order valence-corrected chi connectivity index (χ2v) is 4.79. The zero-order chi connectivity index (χ0) is 11.8. The molecule has 0 amide bonds. The van der Waals surface area contributed by atoms with Crippen LogP contribution in [0.4, 0.5) is 5.82 Å². The van der Waals surface area contributed by atoms with Crippen LogP contribution in [0.3, 0.4) is 0 Å². The van der Waals surface area contributed by atoms with Crippen LogP contribution in [0.15, 0.2) is 29.0 Å². The van der Waals surface area contributed by atoms with E-state index >= 15 is 0 Å². The van der Waals surface area contributed by atoms with E-state index in [1.807, 2.05) is 18.3 Å². The summed E-state index contributed by atoms with van der Waals surface area (Å²) in [5, 5.41) is 1.09. The number of hydrogen-bond acceptors (Lipinski definition) is 4. The van der Waals surface area contributed by atoms with E-state index in [2.05, 4.69) is 16.8 Å². The number of piperidine rings is 1. The number of pyridine rings is 1. The van der Waals surface area contributed by atoms with E-state index in [0.717, 1.165) is 36.2 Å². The van der Waals surface area contributed by atoms with Gasteiger partial charge in [0.1, 0.15) is 11.4 Å². The highest BCUT2D eigenvalue weighted by molar-refractivity contribution is 5.88. The van der Waals surface area contributed by atoms with Gasteiger partial charge in [-0.3, -0.25) is 0 Å². The van der Waals surface area contributed by atoms with Gasteiger partial charge in [-0.05, 0) is 31.9 Å². The van der Waals surface area contributed by atoms with Crippen molar-refractivity contribution in [3.8, 4) is 0 Å². The van der Waals surface area contributed by atoms with Crippen molar-refractivity contribution in [1.82, 2.24) is 4.98 Å². The molecule has 0 spiro atoms. The van der Waals surface area contributed by atoms with Gasteiger partial charge in [-0.2, -0.15) is 0 Å². The molecule has 3 rings (SSSR count). The fourth-order valence-corrected chi connectivity index (χ4v) is 2.63. The Labute approximate surface area is 100 Å². The molecule has 2 atom stereocenters. The molecule has 2 N–H and O–H groups in total. The molecular weight excluding hydrogens is 214 g/mol. The lowest BCUT2D eigenvalue weighted by Crippen LogP contribution is -2.46. The molecule has 0 saturated carbocycles. The first kappa shape index (κ1) is 10.6. The van der Waals surface area contributed by atoms with E-state index in [4.69, 9.17) is 10.2 Å². The Bertz CT molecular complexity index is 522. The molecule has 1 fully saturated rings. The first-order chi connectivity index (χ1) is 8.25. The lowest BCUT2D eigenvalue weighted by Gasteiger charge is -2.37. The molecule has 1 aliphatic rings. The number of nitrogens with two attached hydrogens (primary N) is 1. The van der Waals surface area contributed by atoms with Crippen molar-refractivity contribution in [1.29, 1.82) is 0 Å². The number of rotatable bonds is 1. The van der Waals surface area contributed by atoms with Crippen molar-refractivity contribution < 1.29 is 4.42 Å². The molecule has 0 bridgehead atoms. The summed E-state index contributed by atoms with van der Waals surface area (Å²) in [5.41, 5.74) is 6.89. The topological polar surface area (TPSA) is 55.3 Å². The minimum Gasteiger partial charge on any atom is -0.464 e. The predicted molar refractivity (Wildman–Crippen MR) is 68.0 cm³/mol. The molecule has 2 unspecified atom stereocenters. The van der Waals surface area contributed by atoms with E-state index in [-0.39, 0.29) is 0 Å². The minimum absolute atomic E-state index is 0.324. The van der Waals surface area contributed by atoms with Gasteiger partial charge in [-0.25, -0.2) is 4.98 Å². The third-order valence-corrected chi connectivity index (χ3v) is 3.55. The number of furan rings is 1. The van der Waals surface area contributed by atoms with E-state index in [1.165, 1.54) is 0 Å². The third-order valence-electron chi connectivity index (χ3n) is 3.55. The predicted octanol–water partition coefficient (Wildman–Crippen LogP) is 2.14. The van der Waals surface area contributed by atoms with E-state index < -0.39 is 0 Å². The van der Waals surface area contributed by atoms with Crippen molar-refractivity contribution in [2.24, 2.45) is 5.73 Å². The monoisotopic (exact) mass is 231 g/mol. The maximum Gasteiger partial charge on any atom is 0.139 e. The largest absolute Gasteiger partial charge is 0.464 e. The zero-order valence-corrected chi connectivity index (χ0v) is 9.97. The number of hydrogen-bond donors (Lipinski definition) is 1. The Morgan fingerprint density at radius 1 is 1.47 bits per heavy atom. The molecule has 17 heavy (non-hydrogen) atoms. The maximum absolute atomic E-state index is 5.99. The van der Waals surface area contributed by atoms with Gasteiger partial charge in [0.05, 0.1) is 11.6 Å². The second-order valence-electron chi connectivity index (χ2n) is 4.79. The molecule has 90 valence electrons. The molecule has 0 radical (unpaired) electrons. The maximum atomic E-state index is 5.99. The average molecular weight is 231 g/mol. The minimum atomic E-state index is 0.324. The molecule has 0 aliphatic carbocycles. The Morgan fingerprint density at radius 2 is 2.35 bits per heavy atom. The molecular formula is C13H17N3O. The van der Waals surface area contributed by atoms with E-state index in [9.17, 15) is 0 Å². The van der Waals surface area contributed by atoms with Gasteiger partial charge in [0.25, 0.3) is 0 Å². The van der Waals surface area contributed by atoms with Gasteiger partial charge < -0.3 is 15.1 Å². The van der Waals surface area contributed by atoms with Gasteiger partial charge in [0.15, 0.2) is 0 Å². The molecule has 1 aliphatic heterocycles. The summed E-state index contributed by atoms with van der Waals surface area (Å²) in [4.78, 5) is 6.84. The van der Waals surface area contributed by atoms with Crippen molar-refractivity contribution in [2.45, 2.75) is 31.8 Å². The SMILES string of the molecule is CC1CC(N)CCN1c1nccc2occc12. The van der Waals surface area contributed by atoms with Crippen LogP contribution in [0, 0.1) is 0 Å². The van der Waals surface area contributed by atoms with E-state index in [1.54, 1.807) is 6.26 Å². The highest BCUT2D eigenvalue weighted by atomic mass is 16.3. The Hall–Kier alpha value is -1.55. The van der Waals surface area contributed by atoms with Crippen molar-refractivity contribution >= 4 is 16.8 Å². The Balaban J connectivity index is 2.00. The molecule has 3 heterocycles. The second kappa shape index (κ2) is 4.04. The van der Waals surface area contributed by atoms with Crippen LogP contribution >= 0.6 is 0 Å². The van der Waals surface area contributed by atoms with Crippen LogP contribution in [-0.4, -0.2) is 23.6 Å². The molecule has 2 aromatic heterocycles. The van der Waals surface area contributed by atoms with Gasteiger partial charge in [-0.15, -0.1) is 0 Å². The van der Waals surface area contributed by atoms with Gasteiger partial charge in [-0.1, -0.05) is 0 Å². The normalized spacial score (nSPS) is 25.4. The Morgan fingerprint density at radius 3 is 3.18 bits per heavy atom. The summed E-state index contributed by atoms with van der Waals surface area (Å²) in [6, 6.07) is 4.65. The van der Waals surface area contributed by atoms with Crippen LogP contribution in [0.2, 0.25) is 0 Å². The summed E-state index contributed by atoms with van der Waals surface area (Å²) in [5.74, 6) is 1.02. The summed E-state index contributed by atoms with van der Waals surface area (Å²) >= 11 is 0. The fraction of sp³-hybridized carbons (Fsp3) is 0.462. The van der Waals surface area contributed by atoms with Crippen LogP contribution in [0.5, 0.6) is 0 Å². The third kappa shape index (κ3) is 1.78. The van der Waals surface area contributed by atoms with Crippen LogP contribution in [-0.2, 0) is 0 Å². The number of nitrogens with zero attached hydrogens (tertiary/aromatic N) is 2. The molecule has 4 heteroatoms. The zero-order valence-electron chi connectivity index (χ0n) is 9.97. The van der Waals surface area contributed by atoms with Gasteiger partial charge in [0.2, 0.25) is 0 Å². The molecule has 1 saturated heterocycles. The molecule has 4 nitrogen and oxygen atoms in total. The highest BCUT2D eigenvalue weighted by Crippen LogP contribution is 2.29. The van der Waals surface area contributed by atoms with Crippen molar-refractivity contribution in [3.05, 3.63) is 24.6 Å². The molecule has 2 aromatic rings. The van der Waals surface area contributed by atoms with Crippen LogP contribution < -0.4 is 10.6 Å². The van der Waals surface area contributed by atoms with Gasteiger partial charge in [0, 0.05) is 24.8 Å². The summed E-state index contributed by atoms with van der Waals surface area (Å²) in [6.45, 7) is 3.18. The van der Waals surface area contributed by atoms with E-state index in [0.29, 0.717) is 12.1 Å². The summed E-state index contributed by atoms with van der Waals surface area (Å²) < 4.78 is 5.41.